The molecule has 0 bridgehead atoms. The van der Waals surface area contributed by atoms with E-state index >= 15 is 0 Å². The second-order valence-electron chi connectivity index (χ2n) is 6.22. The van der Waals surface area contributed by atoms with Gasteiger partial charge >= 0.3 is 6.03 Å². The number of nitrogens with zero attached hydrogens (tertiary/aromatic N) is 4. The zero-order valence-electron chi connectivity index (χ0n) is 13.0. The second-order valence-corrected chi connectivity index (χ2v) is 6.22. The molecule has 0 aromatic carbocycles. The summed E-state index contributed by atoms with van der Waals surface area (Å²) in [5.41, 5.74) is 0. The summed E-state index contributed by atoms with van der Waals surface area (Å²) in [5, 5.41) is 0. The summed E-state index contributed by atoms with van der Waals surface area (Å²) < 4.78 is 0. The number of piperidine rings is 1. The standard InChI is InChI=1S/C14H26N4O2/c1-15(2)9-10-17-12-7-8-18(14(20)16(3)4)11(12)5-6-13(17)19/h11-12H,5-10H2,1-4H3/t11-,12+/m1/s1. The Labute approximate surface area is 121 Å². The minimum Gasteiger partial charge on any atom is -0.336 e. The van der Waals surface area contributed by atoms with Gasteiger partial charge < -0.3 is 19.6 Å². The molecule has 0 unspecified atom stereocenters. The van der Waals surface area contributed by atoms with Crippen LogP contribution in [0.25, 0.3) is 0 Å². The average molecular weight is 282 g/mol. The first-order valence-electron chi connectivity index (χ1n) is 7.34. The number of hydrogen-bond donors (Lipinski definition) is 0. The predicted octanol–water partition coefficient (Wildman–Crippen LogP) is 0.295. The summed E-state index contributed by atoms with van der Waals surface area (Å²) in [5.74, 6) is 0.243. The van der Waals surface area contributed by atoms with E-state index in [-0.39, 0.29) is 24.0 Å². The number of amides is 3. The molecule has 2 fully saturated rings. The molecule has 2 saturated heterocycles. The molecule has 0 aliphatic carbocycles. The van der Waals surface area contributed by atoms with Crippen molar-refractivity contribution in [1.82, 2.24) is 19.6 Å². The first kappa shape index (κ1) is 15.1. The van der Waals surface area contributed by atoms with Gasteiger partial charge in [0.15, 0.2) is 0 Å². The largest absolute Gasteiger partial charge is 0.336 e. The van der Waals surface area contributed by atoms with Crippen molar-refractivity contribution in [2.24, 2.45) is 0 Å². The quantitative estimate of drug-likeness (QED) is 0.748. The fourth-order valence-electron chi connectivity index (χ4n) is 3.24. The Morgan fingerprint density at radius 3 is 2.50 bits per heavy atom. The van der Waals surface area contributed by atoms with Crippen LogP contribution < -0.4 is 0 Å². The van der Waals surface area contributed by atoms with Crippen LogP contribution in [0.4, 0.5) is 4.79 Å². The average Bonchev–Trinajstić information content (AvgIpc) is 2.80. The van der Waals surface area contributed by atoms with Gasteiger partial charge in [0.2, 0.25) is 5.91 Å². The Hall–Kier alpha value is -1.30. The molecule has 2 heterocycles. The first-order valence-corrected chi connectivity index (χ1v) is 7.34. The molecule has 0 spiro atoms. The van der Waals surface area contributed by atoms with Crippen LogP contribution in [-0.2, 0) is 4.79 Å². The van der Waals surface area contributed by atoms with E-state index < -0.39 is 0 Å². The lowest BCUT2D eigenvalue weighted by atomic mass is 9.96. The molecule has 0 aromatic rings. The van der Waals surface area contributed by atoms with Gasteiger partial charge in [-0.15, -0.1) is 0 Å². The highest BCUT2D eigenvalue weighted by atomic mass is 16.2. The van der Waals surface area contributed by atoms with Crippen molar-refractivity contribution in [1.29, 1.82) is 0 Å². The molecule has 3 amide bonds. The number of carbonyl (C=O) groups excluding carboxylic acids is 2. The van der Waals surface area contributed by atoms with E-state index in [9.17, 15) is 9.59 Å². The fraction of sp³-hybridized carbons (Fsp3) is 0.857. The van der Waals surface area contributed by atoms with E-state index in [1.165, 1.54) is 0 Å². The van der Waals surface area contributed by atoms with Gasteiger partial charge in [-0.25, -0.2) is 4.79 Å². The SMILES string of the molecule is CN(C)CCN1C(=O)CC[C@@H]2[C@@H]1CCN2C(=O)N(C)C. The van der Waals surface area contributed by atoms with Gasteiger partial charge in [0.05, 0.1) is 12.1 Å². The van der Waals surface area contributed by atoms with E-state index in [2.05, 4.69) is 4.90 Å². The lowest BCUT2D eigenvalue weighted by Gasteiger charge is -2.40. The Morgan fingerprint density at radius 2 is 1.90 bits per heavy atom. The van der Waals surface area contributed by atoms with E-state index in [1.807, 2.05) is 23.9 Å². The normalized spacial score (nSPS) is 26.1. The maximum atomic E-state index is 12.2. The summed E-state index contributed by atoms with van der Waals surface area (Å²) in [6, 6.07) is 0.476. The van der Waals surface area contributed by atoms with Crippen molar-refractivity contribution in [2.75, 3.05) is 47.8 Å². The Balaban J connectivity index is 2.06. The van der Waals surface area contributed by atoms with Crippen LogP contribution in [0.3, 0.4) is 0 Å². The molecule has 2 aliphatic rings. The van der Waals surface area contributed by atoms with Crippen molar-refractivity contribution in [3.63, 3.8) is 0 Å². The summed E-state index contributed by atoms with van der Waals surface area (Å²) in [6.45, 7) is 2.39. The van der Waals surface area contributed by atoms with Gasteiger partial charge in [0.25, 0.3) is 0 Å². The van der Waals surface area contributed by atoms with Crippen LogP contribution in [0.5, 0.6) is 0 Å². The Morgan fingerprint density at radius 1 is 1.20 bits per heavy atom. The van der Waals surface area contributed by atoms with Gasteiger partial charge in [-0.3, -0.25) is 4.79 Å². The number of likely N-dealkylation sites (tertiary alicyclic amines) is 2. The number of likely N-dealkylation sites (N-methyl/N-ethyl adjacent to an activating group) is 1. The molecule has 6 heteroatoms. The molecule has 2 rings (SSSR count). The van der Waals surface area contributed by atoms with Crippen molar-refractivity contribution in [3.8, 4) is 0 Å². The molecular weight excluding hydrogens is 256 g/mol. The molecule has 2 atom stereocenters. The molecule has 2 aliphatic heterocycles. The second kappa shape index (κ2) is 5.99. The van der Waals surface area contributed by atoms with E-state index in [0.29, 0.717) is 6.42 Å². The van der Waals surface area contributed by atoms with Crippen LogP contribution in [0, 0.1) is 0 Å². The van der Waals surface area contributed by atoms with Gasteiger partial charge in [-0.1, -0.05) is 0 Å². The minimum atomic E-state index is 0.0689. The smallest absolute Gasteiger partial charge is 0.319 e. The van der Waals surface area contributed by atoms with Gasteiger partial charge in [0.1, 0.15) is 0 Å². The van der Waals surface area contributed by atoms with Crippen LogP contribution in [-0.4, -0.2) is 91.4 Å². The summed E-state index contributed by atoms with van der Waals surface area (Å²) >= 11 is 0. The maximum Gasteiger partial charge on any atom is 0.319 e. The van der Waals surface area contributed by atoms with Gasteiger partial charge in [-0.2, -0.15) is 0 Å². The lowest BCUT2D eigenvalue weighted by Crippen LogP contribution is -2.55. The van der Waals surface area contributed by atoms with Crippen LogP contribution >= 0.6 is 0 Å². The van der Waals surface area contributed by atoms with Crippen molar-refractivity contribution in [3.05, 3.63) is 0 Å². The number of urea groups is 1. The van der Waals surface area contributed by atoms with E-state index in [0.717, 1.165) is 32.5 Å². The number of carbonyl (C=O) groups is 2. The number of rotatable bonds is 3. The molecule has 0 aromatic heterocycles. The van der Waals surface area contributed by atoms with E-state index in [1.54, 1.807) is 19.0 Å². The molecule has 20 heavy (non-hydrogen) atoms. The van der Waals surface area contributed by atoms with Crippen molar-refractivity contribution in [2.45, 2.75) is 31.3 Å². The van der Waals surface area contributed by atoms with Crippen LogP contribution in [0.1, 0.15) is 19.3 Å². The highest BCUT2D eigenvalue weighted by molar-refractivity contribution is 5.79. The Bertz CT molecular complexity index is 383. The molecule has 0 saturated carbocycles. The monoisotopic (exact) mass is 282 g/mol. The summed E-state index contributed by atoms with van der Waals surface area (Å²) in [6.07, 6.45) is 2.27. The number of fused-ring (bicyclic) bond motifs is 1. The third-order valence-electron chi connectivity index (χ3n) is 4.30. The highest BCUT2D eigenvalue weighted by Crippen LogP contribution is 2.31. The van der Waals surface area contributed by atoms with E-state index in [4.69, 9.17) is 0 Å². The lowest BCUT2D eigenvalue weighted by molar-refractivity contribution is -0.137. The highest BCUT2D eigenvalue weighted by Gasteiger charge is 2.44. The molecule has 6 nitrogen and oxygen atoms in total. The molecular formula is C14H26N4O2. The summed E-state index contributed by atoms with van der Waals surface area (Å²) in [7, 11) is 7.60. The van der Waals surface area contributed by atoms with Crippen LogP contribution in [0.15, 0.2) is 0 Å². The third-order valence-corrected chi connectivity index (χ3v) is 4.30. The van der Waals surface area contributed by atoms with Gasteiger partial charge in [0, 0.05) is 40.2 Å². The molecule has 114 valence electrons. The zero-order valence-corrected chi connectivity index (χ0v) is 13.0. The predicted molar refractivity (Wildman–Crippen MR) is 77.5 cm³/mol. The third kappa shape index (κ3) is 2.90. The maximum absolute atomic E-state index is 12.2. The van der Waals surface area contributed by atoms with Crippen molar-refractivity contribution < 1.29 is 9.59 Å². The molecule has 0 N–H and O–H groups in total. The Kier molecular flexibility index (Phi) is 4.52. The topological polar surface area (TPSA) is 47.1 Å². The first-order chi connectivity index (χ1) is 9.41. The number of hydrogen-bond acceptors (Lipinski definition) is 3. The molecule has 0 radical (unpaired) electrons. The zero-order chi connectivity index (χ0) is 14.9. The van der Waals surface area contributed by atoms with Crippen molar-refractivity contribution >= 4 is 11.9 Å². The van der Waals surface area contributed by atoms with Crippen LogP contribution in [0.2, 0.25) is 0 Å². The summed E-state index contributed by atoms with van der Waals surface area (Å²) in [4.78, 5) is 32.0. The van der Waals surface area contributed by atoms with Gasteiger partial charge in [-0.05, 0) is 26.9 Å². The fourth-order valence-corrected chi connectivity index (χ4v) is 3.24. The minimum absolute atomic E-state index is 0.0689.